The molecule has 0 aliphatic rings. The molecule has 0 radical (unpaired) electrons. The molecule has 2 heterocycles. The molecule has 5 nitrogen and oxygen atoms in total. The summed E-state index contributed by atoms with van der Waals surface area (Å²) < 4.78 is 5.61. The molecule has 16 heavy (non-hydrogen) atoms. The second-order valence-corrected chi connectivity index (χ2v) is 4.35. The number of rotatable bonds is 4. The Balaban J connectivity index is 2.23. The first kappa shape index (κ1) is 11.2. The van der Waals surface area contributed by atoms with E-state index < -0.39 is 0 Å². The summed E-state index contributed by atoms with van der Waals surface area (Å²) in [7, 11) is 0. The topological polar surface area (TPSA) is 63.8 Å². The van der Waals surface area contributed by atoms with Crippen LogP contribution in [0.2, 0.25) is 0 Å². The van der Waals surface area contributed by atoms with E-state index in [1.807, 2.05) is 20.8 Å². The first-order valence-electron chi connectivity index (χ1n) is 5.19. The minimum atomic E-state index is 0.0828. The van der Waals surface area contributed by atoms with Gasteiger partial charge in [-0.1, -0.05) is 6.92 Å². The van der Waals surface area contributed by atoms with E-state index in [0.717, 1.165) is 17.1 Å². The van der Waals surface area contributed by atoms with Gasteiger partial charge in [0.25, 0.3) is 5.89 Å². The fourth-order valence-corrected chi connectivity index (χ4v) is 2.12. The van der Waals surface area contributed by atoms with Crippen molar-refractivity contribution < 1.29 is 4.42 Å². The van der Waals surface area contributed by atoms with Gasteiger partial charge in [-0.05, 0) is 20.4 Å². The Labute approximate surface area is 97.9 Å². The molecule has 0 aromatic carbocycles. The maximum atomic E-state index is 5.61. The van der Waals surface area contributed by atoms with Gasteiger partial charge in [0.1, 0.15) is 4.88 Å². The maximum Gasteiger partial charge on any atom is 0.259 e. The number of aromatic nitrogens is 3. The van der Waals surface area contributed by atoms with Gasteiger partial charge in [0.15, 0.2) is 0 Å². The summed E-state index contributed by atoms with van der Waals surface area (Å²) in [5, 5.41) is 11.3. The zero-order valence-electron chi connectivity index (χ0n) is 9.52. The van der Waals surface area contributed by atoms with Crippen molar-refractivity contribution in [3.05, 3.63) is 17.1 Å². The lowest BCUT2D eigenvalue weighted by Crippen LogP contribution is -2.17. The van der Waals surface area contributed by atoms with Crippen LogP contribution in [0.1, 0.15) is 31.5 Å². The Morgan fingerprint density at radius 2 is 2.31 bits per heavy atom. The highest BCUT2D eigenvalue weighted by atomic mass is 32.1. The van der Waals surface area contributed by atoms with E-state index in [-0.39, 0.29) is 6.04 Å². The molecule has 0 spiro atoms. The summed E-state index contributed by atoms with van der Waals surface area (Å²) >= 11 is 1.51. The summed E-state index contributed by atoms with van der Waals surface area (Å²) in [6.45, 7) is 6.85. The second-order valence-electron chi connectivity index (χ2n) is 3.49. The highest BCUT2D eigenvalue weighted by molar-refractivity contribution is 7.13. The van der Waals surface area contributed by atoms with Crippen LogP contribution >= 0.6 is 11.3 Å². The van der Waals surface area contributed by atoms with Gasteiger partial charge in [-0.25, -0.2) is 4.98 Å². The molecule has 2 aromatic rings. The third kappa shape index (κ3) is 2.12. The van der Waals surface area contributed by atoms with E-state index in [1.165, 1.54) is 11.3 Å². The Bertz CT molecular complexity index is 465. The van der Waals surface area contributed by atoms with Gasteiger partial charge in [-0.15, -0.1) is 21.5 Å². The first-order chi connectivity index (χ1) is 7.72. The zero-order chi connectivity index (χ0) is 11.5. The fourth-order valence-electron chi connectivity index (χ4n) is 1.40. The summed E-state index contributed by atoms with van der Waals surface area (Å²) in [6.07, 6.45) is 0. The smallest absolute Gasteiger partial charge is 0.259 e. The molecule has 0 bridgehead atoms. The first-order valence-corrected chi connectivity index (χ1v) is 6.07. The lowest BCUT2D eigenvalue weighted by atomic mass is 10.3. The van der Waals surface area contributed by atoms with Crippen LogP contribution in [0.3, 0.4) is 0 Å². The molecular weight excluding hydrogens is 224 g/mol. The van der Waals surface area contributed by atoms with Crippen LogP contribution in [0.15, 0.2) is 9.93 Å². The van der Waals surface area contributed by atoms with Crippen LogP contribution in [-0.2, 0) is 0 Å². The molecule has 0 aliphatic heterocycles. The molecule has 1 N–H and O–H groups in total. The van der Waals surface area contributed by atoms with Crippen LogP contribution in [0.5, 0.6) is 0 Å². The second kappa shape index (κ2) is 4.71. The van der Waals surface area contributed by atoms with E-state index in [0.29, 0.717) is 11.8 Å². The standard InChI is InChI=1S/C10H14N4OS/c1-4-11-7(3)9-13-14-10(15-9)8-6(2)12-5-16-8/h5,7,11H,4H2,1-3H3. The van der Waals surface area contributed by atoms with E-state index in [4.69, 9.17) is 4.42 Å². The van der Waals surface area contributed by atoms with Crippen LogP contribution in [0.4, 0.5) is 0 Å². The van der Waals surface area contributed by atoms with Gasteiger partial charge in [-0.3, -0.25) is 0 Å². The third-order valence-corrected chi connectivity index (χ3v) is 3.18. The molecule has 0 amide bonds. The SMILES string of the molecule is CCNC(C)c1nnc(-c2scnc2C)o1. The van der Waals surface area contributed by atoms with Crippen molar-refractivity contribution in [2.75, 3.05) is 6.54 Å². The summed E-state index contributed by atoms with van der Waals surface area (Å²) in [5.74, 6) is 1.17. The van der Waals surface area contributed by atoms with Crippen molar-refractivity contribution in [2.45, 2.75) is 26.8 Å². The molecule has 1 unspecified atom stereocenters. The van der Waals surface area contributed by atoms with Gasteiger partial charge in [0.05, 0.1) is 17.2 Å². The molecule has 2 rings (SSSR count). The van der Waals surface area contributed by atoms with Crippen molar-refractivity contribution in [1.82, 2.24) is 20.5 Å². The van der Waals surface area contributed by atoms with E-state index in [1.54, 1.807) is 5.51 Å². The minimum Gasteiger partial charge on any atom is -0.418 e. The Kier molecular flexibility index (Phi) is 3.31. The minimum absolute atomic E-state index is 0.0828. The molecule has 6 heteroatoms. The molecular formula is C10H14N4OS. The lowest BCUT2D eigenvalue weighted by Gasteiger charge is -2.05. The lowest BCUT2D eigenvalue weighted by molar-refractivity contribution is 0.429. The normalized spacial score (nSPS) is 12.9. The quantitative estimate of drug-likeness (QED) is 0.884. The largest absolute Gasteiger partial charge is 0.418 e. The number of thiazole rings is 1. The summed E-state index contributed by atoms with van der Waals surface area (Å²) in [6, 6.07) is 0.0828. The number of nitrogens with zero attached hydrogens (tertiary/aromatic N) is 3. The van der Waals surface area contributed by atoms with E-state index in [9.17, 15) is 0 Å². The molecule has 0 fully saturated rings. The molecule has 0 saturated heterocycles. The predicted molar refractivity (Wildman–Crippen MR) is 62.2 cm³/mol. The van der Waals surface area contributed by atoms with Gasteiger partial charge < -0.3 is 9.73 Å². The van der Waals surface area contributed by atoms with Crippen molar-refractivity contribution in [1.29, 1.82) is 0 Å². The fraction of sp³-hybridized carbons (Fsp3) is 0.500. The highest BCUT2D eigenvalue weighted by Crippen LogP contribution is 2.26. The molecule has 0 aliphatic carbocycles. The average molecular weight is 238 g/mol. The van der Waals surface area contributed by atoms with Crippen LogP contribution in [0, 0.1) is 6.92 Å². The number of hydrogen-bond acceptors (Lipinski definition) is 6. The summed E-state index contributed by atoms with van der Waals surface area (Å²) in [5.41, 5.74) is 2.71. The number of nitrogens with one attached hydrogen (secondary N) is 1. The van der Waals surface area contributed by atoms with Gasteiger partial charge in [0.2, 0.25) is 5.89 Å². The van der Waals surface area contributed by atoms with Gasteiger partial charge >= 0.3 is 0 Å². The van der Waals surface area contributed by atoms with Gasteiger partial charge in [0, 0.05) is 0 Å². The summed E-state index contributed by atoms with van der Waals surface area (Å²) in [4.78, 5) is 5.11. The number of aryl methyl sites for hydroxylation is 1. The highest BCUT2D eigenvalue weighted by Gasteiger charge is 2.16. The van der Waals surface area contributed by atoms with Crippen LogP contribution in [-0.4, -0.2) is 21.7 Å². The Morgan fingerprint density at radius 3 is 2.94 bits per heavy atom. The van der Waals surface area contributed by atoms with E-state index in [2.05, 4.69) is 20.5 Å². The van der Waals surface area contributed by atoms with Crippen molar-refractivity contribution in [3.63, 3.8) is 0 Å². The zero-order valence-corrected chi connectivity index (χ0v) is 10.3. The number of hydrogen-bond donors (Lipinski definition) is 1. The van der Waals surface area contributed by atoms with Crippen molar-refractivity contribution >= 4 is 11.3 Å². The van der Waals surface area contributed by atoms with Crippen LogP contribution < -0.4 is 5.32 Å². The van der Waals surface area contributed by atoms with Crippen LogP contribution in [0.25, 0.3) is 10.8 Å². The van der Waals surface area contributed by atoms with Gasteiger partial charge in [-0.2, -0.15) is 0 Å². The predicted octanol–water partition coefficient (Wildman–Crippen LogP) is 2.17. The monoisotopic (exact) mass is 238 g/mol. The third-order valence-electron chi connectivity index (χ3n) is 2.26. The van der Waals surface area contributed by atoms with E-state index >= 15 is 0 Å². The molecule has 2 aromatic heterocycles. The molecule has 86 valence electrons. The molecule has 0 saturated carbocycles. The Morgan fingerprint density at radius 1 is 1.50 bits per heavy atom. The average Bonchev–Trinajstić information content (AvgIpc) is 2.86. The maximum absolute atomic E-state index is 5.61. The molecule has 1 atom stereocenters. The Hall–Kier alpha value is -1.27. The van der Waals surface area contributed by atoms with Crippen molar-refractivity contribution in [2.24, 2.45) is 0 Å². The van der Waals surface area contributed by atoms with Crippen molar-refractivity contribution in [3.8, 4) is 10.8 Å².